The molecule has 0 spiro atoms. The van der Waals surface area contributed by atoms with E-state index in [1.54, 1.807) is 6.07 Å². The predicted octanol–water partition coefficient (Wildman–Crippen LogP) is 2.74. The third-order valence-corrected chi connectivity index (χ3v) is 3.94. The molecule has 0 saturated carbocycles. The highest BCUT2D eigenvalue weighted by molar-refractivity contribution is 6.00. The second kappa shape index (κ2) is 6.16. The minimum Gasteiger partial charge on any atom is -0.348 e. The van der Waals surface area contributed by atoms with Gasteiger partial charge in [-0.2, -0.15) is 13.2 Å². The lowest BCUT2D eigenvalue weighted by Crippen LogP contribution is -2.46. The van der Waals surface area contributed by atoms with Crippen LogP contribution in [-0.2, 0) is 6.18 Å². The number of pyridine rings is 1. The van der Waals surface area contributed by atoms with Crippen molar-refractivity contribution >= 4 is 16.8 Å². The van der Waals surface area contributed by atoms with Gasteiger partial charge in [0.15, 0.2) is 0 Å². The van der Waals surface area contributed by atoms with E-state index in [-0.39, 0.29) is 16.9 Å². The lowest BCUT2D eigenvalue weighted by Gasteiger charge is -2.24. The summed E-state index contributed by atoms with van der Waals surface area (Å²) in [5.41, 5.74) is -1.14. The number of piperidine rings is 1. The molecule has 1 atom stereocenters. The molecule has 2 N–H and O–H groups in total. The van der Waals surface area contributed by atoms with Crippen LogP contribution in [0.5, 0.6) is 0 Å². The molecule has 2 heterocycles. The van der Waals surface area contributed by atoms with E-state index in [4.69, 9.17) is 0 Å². The lowest BCUT2D eigenvalue weighted by atomic mass is 10.0. The molecule has 1 aromatic heterocycles. The largest absolute Gasteiger partial charge is 0.417 e. The molecule has 1 aliphatic heterocycles. The van der Waals surface area contributed by atoms with Crippen molar-refractivity contribution in [2.45, 2.75) is 25.1 Å². The maximum Gasteiger partial charge on any atom is 0.417 e. The van der Waals surface area contributed by atoms with Gasteiger partial charge in [0.05, 0.1) is 16.6 Å². The zero-order valence-electron chi connectivity index (χ0n) is 12.3. The SMILES string of the molecule is O=C(N[C@@H]1CCCNC1)c1cnc2ccccc2c1C(F)(F)F. The van der Waals surface area contributed by atoms with Crippen LogP contribution in [-0.4, -0.2) is 30.0 Å². The van der Waals surface area contributed by atoms with Crippen molar-refractivity contribution in [3.8, 4) is 0 Å². The number of alkyl halides is 3. The number of nitrogens with one attached hydrogen (secondary N) is 2. The highest BCUT2D eigenvalue weighted by Crippen LogP contribution is 2.36. The number of nitrogens with zero attached hydrogens (tertiary/aromatic N) is 1. The Hall–Kier alpha value is -2.15. The van der Waals surface area contributed by atoms with Crippen LogP contribution in [0.2, 0.25) is 0 Å². The van der Waals surface area contributed by atoms with Gasteiger partial charge in [-0.15, -0.1) is 0 Å². The van der Waals surface area contributed by atoms with Gasteiger partial charge in [-0.3, -0.25) is 9.78 Å². The molecule has 2 aromatic rings. The summed E-state index contributed by atoms with van der Waals surface area (Å²) in [6, 6.07) is 5.79. The van der Waals surface area contributed by atoms with E-state index in [0.29, 0.717) is 6.54 Å². The summed E-state index contributed by atoms with van der Waals surface area (Å²) in [6.45, 7) is 1.42. The standard InChI is InChI=1S/C16H16F3N3O/c17-16(18,19)14-11-5-1-2-6-13(11)21-9-12(14)15(23)22-10-4-3-7-20-8-10/h1-2,5-6,9-10,20H,3-4,7-8H2,(H,22,23)/t10-/m1/s1. The summed E-state index contributed by atoms with van der Waals surface area (Å²) >= 11 is 0. The van der Waals surface area contributed by atoms with Crippen LogP contribution < -0.4 is 10.6 Å². The third-order valence-electron chi connectivity index (χ3n) is 3.94. The molecule has 1 amide bonds. The van der Waals surface area contributed by atoms with E-state index in [2.05, 4.69) is 15.6 Å². The van der Waals surface area contributed by atoms with Gasteiger partial charge in [-0.1, -0.05) is 18.2 Å². The Balaban J connectivity index is 2.00. The summed E-state index contributed by atoms with van der Waals surface area (Å²) in [7, 11) is 0. The molecule has 23 heavy (non-hydrogen) atoms. The smallest absolute Gasteiger partial charge is 0.348 e. The van der Waals surface area contributed by atoms with Crippen LogP contribution >= 0.6 is 0 Å². The summed E-state index contributed by atoms with van der Waals surface area (Å²) < 4.78 is 40.5. The van der Waals surface area contributed by atoms with E-state index >= 15 is 0 Å². The molecule has 122 valence electrons. The number of hydrogen-bond acceptors (Lipinski definition) is 3. The van der Waals surface area contributed by atoms with Gasteiger partial charge in [-0.25, -0.2) is 0 Å². The van der Waals surface area contributed by atoms with Crippen molar-refractivity contribution in [1.82, 2.24) is 15.6 Å². The van der Waals surface area contributed by atoms with Gasteiger partial charge in [-0.05, 0) is 25.5 Å². The van der Waals surface area contributed by atoms with Crippen molar-refractivity contribution in [3.05, 3.63) is 41.6 Å². The average Bonchev–Trinajstić information content (AvgIpc) is 2.53. The van der Waals surface area contributed by atoms with Crippen molar-refractivity contribution in [2.24, 2.45) is 0 Å². The second-order valence-electron chi connectivity index (χ2n) is 5.58. The van der Waals surface area contributed by atoms with E-state index in [1.807, 2.05) is 0 Å². The van der Waals surface area contributed by atoms with Gasteiger partial charge in [0.25, 0.3) is 5.91 Å². The highest BCUT2D eigenvalue weighted by atomic mass is 19.4. The molecule has 0 radical (unpaired) electrons. The lowest BCUT2D eigenvalue weighted by molar-refractivity contribution is -0.136. The van der Waals surface area contributed by atoms with Gasteiger partial charge in [0.2, 0.25) is 0 Å². The summed E-state index contributed by atoms with van der Waals surface area (Å²) in [4.78, 5) is 16.3. The quantitative estimate of drug-likeness (QED) is 0.893. The van der Waals surface area contributed by atoms with Gasteiger partial charge in [0.1, 0.15) is 0 Å². The van der Waals surface area contributed by atoms with Crippen molar-refractivity contribution < 1.29 is 18.0 Å². The van der Waals surface area contributed by atoms with E-state index < -0.39 is 23.2 Å². The van der Waals surface area contributed by atoms with Crippen LogP contribution in [0.15, 0.2) is 30.5 Å². The summed E-state index contributed by atoms with van der Waals surface area (Å²) in [5.74, 6) is -0.732. The van der Waals surface area contributed by atoms with Gasteiger partial charge < -0.3 is 10.6 Å². The average molecular weight is 323 g/mol. The Labute approximate surface area is 131 Å². The first-order chi connectivity index (χ1) is 11.0. The van der Waals surface area contributed by atoms with Crippen LogP contribution in [0.25, 0.3) is 10.9 Å². The normalized spacial score (nSPS) is 18.8. The first-order valence-electron chi connectivity index (χ1n) is 7.43. The van der Waals surface area contributed by atoms with Crippen LogP contribution in [0.3, 0.4) is 0 Å². The number of aromatic nitrogens is 1. The maximum absolute atomic E-state index is 13.5. The Morgan fingerprint density at radius 1 is 1.30 bits per heavy atom. The molecular formula is C16H16F3N3O. The molecular weight excluding hydrogens is 307 g/mol. The molecule has 1 aliphatic rings. The van der Waals surface area contributed by atoms with E-state index in [9.17, 15) is 18.0 Å². The summed E-state index contributed by atoms with van der Waals surface area (Å²) in [5, 5.41) is 5.72. The number of hydrogen-bond donors (Lipinski definition) is 2. The Morgan fingerprint density at radius 3 is 2.78 bits per heavy atom. The Bertz CT molecular complexity index is 724. The fourth-order valence-electron chi connectivity index (χ4n) is 2.86. The topological polar surface area (TPSA) is 54.0 Å². The number of amides is 1. The highest BCUT2D eigenvalue weighted by Gasteiger charge is 2.38. The molecule has 1 fully saturated rings. The number of para-hydroxylation sites is 1. The van der Waals surface area contributed by atoms with E-state index in [1.165, 1.54) is 18.2 Å². The third kappa shape index (κ3) is 3.29. The van der Waals surface area contributed by atoms with Crippen LogP contribution in [0, 0.1) is 0 Å². The number of halogens is 3. The molecule has 0 unspecified atom stereocenters. The first-order valence-corrected chi connectivity index (χ1v) is 7.43. The number of fused-ring (bicyclic) bond motifs is 1. The Kier molecular flexibility index (Phi) is 4.21. The van der Waals surface area contributed by atoms with Crippen molar-refractivity contribution in [3.63, 3.8) is 0 Å². The molecule has 4 nitrogen and oxygen atoms in total. The Morgan fingerprint density at radius 2 is 2.09 bits per heavy atom. The molecule has 3 rings (SSSR count). The first kappa shape index (κ1) is 15.7. The fourth-order valence-corrected chi connectivity index (χ4v) is 2.86. The molecule has 7 heteroatoms. The molecule has 0 aliphatic carbocycles. The molecule has 0 bridgehead atoms. The van der Waals surface area contributed by atoms with Crippen molar-refractivity contribution in [2.75, 3.05) is 13.1 Å². The summed E-state index contributed by atoms with van der Waals surface area (Å²) in [6.07, 6.45) is -1.98. The van der Waals surface area contributed by atoms with Crippen molar-refractivity contribution in [1.29, 1.82) is 0 Å². The number of rotatable bonds is 2. The zero-order chi connectivity index (χ0) is 16.4. The number of carbonyl (C=O) groups is 1. The second-order valence-corrected chi connectivity index (χ2v) is 5.58. The number of carbonyl (C=O) groups excluding carboxylic acids is 1. The van der Waals surface area contributed by atoms with Gasteiger partial charge in [0, 0.05) is 24.2 Å². The van der Waals surface area contributed by atoms with Crippen LogP contribution in [0.1, 0.15) is 28.8 Å². The van der Waals surface area contributed by atoms with Crippen LogP contribution in [0.4, 0.5) is 13.2 Å². The number of benzene rings is 1. The monoisotopic (exact) mass is 323 g/mol. The van der Waals surface area contributed by atoms with Gasteiger partial charge >= 0.3 is 6.18 Å². The maximum atomic E-state index is 13.5. The minimum atomic E-state index is -4.62. The molecule has 1 saturated heterocycles. The fraction of sp³-hybridized carbons (Fsp3) is 0.375. The predicted molar refractivity (Wildman–Crippen MR) is 80.1 cm³/mol. The zero-order valence-corrected chi connectivity index (χ0v) is 12.3. The minimum absolute atomic E-state index is 0.0607. The van der Waals surface area contributed by atoms with E-state index in [0.717, 1.165) is 25.6 Å². The molecule has 1 aromatic carbocycles.